The van der Waals surface area contributed by atoms with E-state index < -0.39 is 10.0 Å². The summed E-state index contributed by atoms with van der Waals surface area (Å²) >= 11 is 1.74. The molecule has 0 unspecified atom stereocenters. The summed E-state index contributed by atoms with van der Waals surface area (Å²) in [6.07, 6.45) is 3.81. The molecule has 7 heteroatoms. The number of hydrogen-bond donors (Lipinski definition) is 1. The number of nitrogens with zero attached hydrogens (tertiary/aromatic N) is 2. The number of imidazole rings is 1. The summed E-state index contributed by atoms with van der Waals surface area (Å²) in [4.78, 5) is 4.40. The second-order valence-electron chi connectivity index (χ2n) is 3.47. The van der Waals surface area contributed by atoms with Crippen molar-refractivity contribution in [1.82, 2.24) is 14.3 Å². The molecule has 2 rings (SSSR count). The predicted octanol–water partition coefficient (Wildman–Crippen LogP) is 0.0805. The van der Waals surface area contributed by atoms with E-state index in [1.54, 1.807) is 11.8 Å². The van der Waals surface area contributed by atoms with Crippen molar-refractivity contribution in [3.63, 3.8) is 0 Å². The monoisotopic (exact) mass is 247 g/mol. The highest BCUT2D eigenvalue weighted by molar-refractivity contribution is 7.99. The Morgan fingerprint density at radius 3 is 3.13 bits per heavy atom. The molecular weight excluding hydrogens is 234 g/mol. The zero-order valence-electron chi connectivity index (χ0n) is 8.43. The van der Waals surface area contributed by atoms with Gasteiger partial charge in [-0.2, -0.15) is 0 Å². The summed E-state index contributed by atoms with van der Waals surface area (Å²) in [6, 6.07) is 0. The van der Waals surface area contributed by atoms with E-state index in [4.69, 9.17) is 0 Å². The topological polar surface area (TPSA) is 64.0 Å². The predicted molar refractivity (Wildman–Crippen MR) is 59.5 cm³/mol. The molecule has 0 amide bonds. The lowest BCUT2D eigenvalue weighted by molar-refractivity contribution is 0.587. The van der Waals surface area contributed by atoms with Gasteiger partial charge in [-0.15, -0.1) is 0 Å². The third-order valence-electron chi connectivity index (χ3n) is 2.10. The minimum atomic E-state index is -3.08. The smallest absolute Gasteiger partial charge is 0.208 e. The van der Waals surface area contributed by atoms with Gasteiger partial charge in [0.25, 0.3) is 0 Å². The molecule has 2 heterocycles. The maximum Gasteiger partial charge on any atom is 0.208 e. The Kier molecular flexibility index (Phi) is 3.03. The first-order valence-electron chi connectivity index (χ1n) is 4.68. The van der Waals surface area contributed by atoms with Crippen LogP contribution < -0.4 is 4.72 Å². The Balaban J connectivity index is 1.89. The highest BCUT2D eigenvalue weighted by Crippen LogP contribution is 2.24. The zero-order chi connectivity index (χ0) is 10.9. The van der Waals surface area contributed by atoms with Crippen LogP contribution in [0.5, 0.6) is 0 Å². The van der Waals surface area contributed by atoms with Crippen molar-refractivity contribution in [3.8, 4) is 0 Å². The molecule has 0 fully saturated rings. The largest absolute Gasteiger partial charge is 0.325 e. The van der Waals surface area contributed by atoms with Crippen LogP contribution in [0.25, 0.3) is 0 Å². The molecule has 84 valence electrons. The Morgan fingerprint density at radius 1 is 1.67 bits per heavy atom. The molecule has 5 nitrogen and oxygen atoms in total. The fraction of sp³-hybridized carbons (Fsp3) is 0.625. The lowest BCUT2D eigenvalue weighted by Crippen LogP contribution is -2.24. The van der Waals surface area contributed by atoms with Crippen LogP contribution in [-0.2, 0) is 23.0 Å². The Hall–Kier alpha value is -0.530. The number of nitrogens with one attached hydrogen (secondary N) is 1. The minimum absolute atomic E-state index is 0.417. The Bertz CT molecular complexity index is 431. The van der Waals surface area contributed by atoms with Crippen molar-refractivity contribution >= 4 is 21.8 Å². The van der Waals surface area contributed by atoms with Crippen LogP contribution in [0.2, 0.25) is 0 Å². The number of hydrogen-bond acceptors (Lipinski definition) is 4. The summed E-state index contributed by atoms with van der Waals surface area (Å²) in [6.45, 7) is 1.42. The van der Waals surface area contributed by atoms with E-state index in [-0.39, 0.29) is 0 Å². The third kappa shape index (κ3) is 2.96. The van der Waals surface area contributed by atoms with Gasteiger partial charge in [0.05, 0.1) is 11.9 Å². The highest BCUT2D eigenvalue weighted by atomic mass is 32.2. The third-order valence-corrected chi connectivity index (χ3v) is 3.80. The summed E-state index contributed by atoms with van der Waals surface area (Å²) in [7, 11) is -3.08. The van der Waals surface area contributed by atoms with Crippen molar-refractivity contribution in [1.29, 1.82) is 0 Å². The summed E-state index contributed by atoms with van der Waals surface area (Å²) in [5, 5.41) is 1.05. The fourth-order valence-electron chi connectivity index (χ4n) is 1.45. The number of sulfonamides is 1. The van der Waals surface area contributed by atoms with Gasteiger partial charge in [0.15, 0.2) is 5.16 Å². The number of fused-ring (bicyclic) bond motifs is 1. The fourth-order valence-corrected chi connectivity index (χ4v) is 2.88. The molecule has 15 heavy (non-hydrogen) atoms. The second kappa shape index (κ2) is 4.15. The molecule has 1 N–H and O–H groups in total. The second-order valence-corrected chi connectivity index (χ2v) is 6.37. The first-order valence-corrected chi connectivity index (χ1v) is 7.56. The molecule has 1 aromatic rings. The van der Waals surface area contributed by atoms with Crippen LogP contribution >= 0.6 is 11.8 Å². The van der Waals surface area contributed by atoms with Crippen molar-refractivity contribution in [2.45, 2.75) is 18.1 Å². The van der Waals surface area contributed by atoms with Crippen molar-refractivity contribution in [2.75, 3.05) is 18.6 Å². The van der Waals surface area contributed by atoms with Gasteiger partial charge >= 0.3 is 0 Å². The molecule has 0 saturated heterocycles. The SMILES string of the molecule is CS(=O)(=O)NCCc1cn2c(n1)SCC2. The van der Waals surface area contributed by atoms with Gasteiger partial charge < -0.3 is 4.57 Å². The van der Waals surface area contributed by atoms with Crippen LogP contribution in [0.1, 0.15) is 5.69 Å². The van der Waals surface area contributed by atoms with Gasteiger partial charge in [-0.3, -0.25) is 0 Å². The average Bonchev–Trinajstić information content (AvgIpc) is 2.60. The molecule has 0 aromatic carbocycles. The van der Waals surface area contributed by atoms with E-state index in [1.807, 2.05) is 6.20 Å². The first-order chi connectivity index (χ1) is 7.04. The molecule has 0 aliphatic carbocycles. The van der Waals surface area contributed by atoms with Crippen LogP contribution in [0, 0.1) is 0 Å². The lowest BCUT2D eigenvalue weighted by atomic mass is 10.3. The van der Waals surface area contributed by atoms with Crippen molar-refractivity contribution < 1.29 is 8.42 Å². The van der Waals surface area contributed by atoms with Gasteiger partial charge in [-0.05, 0) is 0 Å². The number of rotatable bonds is 4. The van der Waals surface area contributed by atoms with E-state index in [1.165, 1.54) is 0 Å². The minimum Gasteiger partial charge on any atom is -0.325 e. The van der Waals surface area contributed by atoms with Gasteiger partial charge in [0, 0.05) is 31.5 Å². The standard InChI is InChI=1S/C8H13N3O2S2/c1-15(12,13)9-3-2-7-6-11-4-5-14-8(11)10-7/h6,9H,2-5H2,1H3. The molecule has 0 bridgehead atoms. The highest BCUT2D eigenvalue weighted by Gasteiger charge is 2.14. The summed E-state index contributed by atoms with van der Waals surface area (Å²) in [5.74, 6) is 1.09. The van der Waals surface area contributed by atoms with Gasteiger partial charge in [0.2, 0.25) is 10.0 Å². The van der Waals surface area contributed by atoms with Crippen LogP contribution in [0.4, 0.5) is 0 Å². The molecule has 0 radical (unpaired) electrons. The van der Waals surface area contributed by atoms with E-state index >= 15 is 0 Å². The molecule has 0 atom stereocenters. The van der Waals surface area contributed by atoms with Gasteiger partial charge in [-0.25, -0.2) is 18.1 Å². The first kappa shape index (κ1) is 11.0. The van der Waals surface area contributed by atoms with Gasteiger partial charge in [0.1, 0.15) is 0 Å². The van der Waals surface area contributed by atoms with Crippen LogP contribution in [-0.4, -0.2) is 36.5 Å². The normalized spacial score (nSPS) is 15.5. The van der Waals surface area contributed by atoms with E-state index in [9.17, 15) is 8.42 Å². The number of aryl methyl sites for hydroxylation is 1. The molecule has 1 aromatic heterocycles. The summed E-state index contributed by atoms with van der Waals surface area (Å²) in [5.41, 5.74) is 0.952. The number of thioether (sulfide) groups is 1. The Morgan fingerprint density at radius 2 is 2.47 bits per heavy atom. The molecule has 1 aliphatic rings. The van der Waals surface area contributed by atoms with Gasteiger partial charge in [-0.1, -0.05) is 11.8 Å². The van der Waals surface area contributed by atoms with Crippen LogP contribution in [0.15, 0.2) is 11.4 Å². The quantitative estimate of drug-likeness (QED) is 0.818. The Labute approximate surface area is 93.3 Å². The molecule has 0 saturated carbocycles. The maximum atomic E-state index is 10.8. The molecule has 1 aliphatic heterocycles. The molecule has 0 spiro atoms. The van der Waals surface area contributed by atoms with E-state index in [0.717, 1.165) is 29.4 Å². The van der Waals surface area contributed by atoms with E-state index in [0.29, 0.717) is 13.0 Å². The van der Waals surface area contributed by atoms with Crippen molar-refractivity contribution in [3.05, 3.63) is 11.9 Å². The van der Waals surface area contributed by atoms with Crippen LogP contribution in [0.3, 0.4) is 0 Å². The molecular formula is C8H13N3O2S2. The maximum absolute atomic E-state index is 10.8. The van der Waals surface area contributed by atoms with Crippen molar-refractivity contribution in [2.24, 2.45) is 0 Å². The lowest BCUT2D eigenvalue weighted by Gasteiger charge is -1.99. The zero-order valence-corrected chi connectivity index (χ0v) is 10.1. The summed E-state index contributed by atoms with van der Waals surface area (Å²) < 4.78 is 26.2. The van der Waals surface area contributed by atoms with E-state index in [2.05, 4.69) is 14.3 Å². The average molecular weight is 247 g/mol. The number of aromatic nitrogens is 2.